The molecule has 4 rings (SSSR count). The van der Waals surface area contributed by atoms with Crippen LogP contribution in [0, 0.1) is 5.92 Å². The van der Waals surface area contributed by atoms with E-state index in [1.165, 1.54) is 5.56 Å². The molecule has 164 valence electrons. The Hall–Kier alpha value is -2.65. The first-order valence-electron chi connectivity index (χ1n) is 10.6. The Balaban J connectivity index is 1.33. The number of oxime groups is 1. The van der Waals surface area contributed by atoms with Gasteiger partial charge in [-0.3, -0.25) is 4.90 Å². The lowest BCUT2D eigenvalue weighted by molar-refractivity contribution is -0.142. The van der Waals surface area contributed by atoms with Crippen LogP contribution in [0.4, 0.5) is 11.5 Å². The average Bonchev–Trinajstić information content (AvgIpc) is 2.77. The van der Waals surface area contributed by atoms with Gasteiger partial charge < -0.3 is 15.3 Å². The molecule has 0 radical (unpaired) electrons. The summed E-state index contributed by atoms with van der Waals surface area (Å²) in [5.74, 6) is 0.176. The molecule has 2 aliphatic heterocycles. The van der Waals surface area contributed by atoms with Crippen LogP contribution >= 0.6 is 11.8 Å². The molecule has 0 aliphatic carbocycles. The first-order valence-corrected chi connectivity index (χ1v) is 11.5. The highest BCUT2D eigenvalue weighted by Crippen LogP contribution is 2.42. The summed E-state index contributed by atoms with van der Waals surface area (Å²) in [6.45, 7) is 4.59. The number of aromatic nitrogens is 2. The smallest absolute Gasteiger partial charge is 0.344 e. The van der Waals surface area contributed by atoms with Crippen LogP contribution in [-0.4, -0.2) is 51.4 Å². The van der Waals surface area contributed by atoms with E-state index in [0.717, 1.165) is 72.5 Å². The van der Waals surface area contributed by atoms with Crippen LogP contribution in [0.5, 0.6) is 0 Å². The number of hydrogen-bond acceptors (Lipinski definition) is 8. The van der Waals surface area contributed by atoms with Gasteiger partial charge in [0, 0.05) is 29.8 Å². The fourth-order valence-electron chi connectivity index (χ4n) is 4.01. The Bertz CT molecular complexity index is 960. The van der Waals surface area contributed by atoms with Crippen molar-refractivity contribution in [3.8, 4) is 0 Å². The quantitative estimate of drug-likeness (QED) is 0.397. The highest BCUT2D eigenvalue weighted by Gasteiger charge is 2.24. The highest BCUT2D eigenvalue weighted by atomic mass is 32.2. The summed E-state index contributed by atoms with van der Waals surface area (Å²) in [7, 11) is 0. The minimum absolute atomic E-state index is 0.363. The number of nitrogens with one attached hydrogen (secondary N) is 1. The van der Waals surface area contributed by atoms with Gasteiger partial charge in [0.25, 0.3) is 0 Å². The largest absolute Gasteiger partial charge is 0.479 e. The lowest BCUT2D eigenvalue weighted by atomic mass is 9.89. The van der Waals surface area contributed by atoms with Gasteiger partial charge in [0.15, 0.2) is 5.82 Å². The Kier molecular flexibility index (Phi) is 7.03. The van der Waals surface area contributed by atoms with E-state index in [4.69, 9.17) is 9.94 Å². The van der Waals surface area contributed by atoms with Crippen LogP contribution < -0.4 is 5.32 Å². The number of carboxylic acid groups (broad SMARTS) is 1. The third-order valence-electron chi connectivity index (χ3n) is 5.51. The molecule has 2 N–H and O–H groups in total. The Morgan fingerprint density at radius 3 is 2.90 bits per heavy atom. The topological polar surface area (TPSA) is 99.9 Å². The zero-order valence-corrected chi connectivity index (χ0v) is 18.4. The zero-order valence-electron chi connectivity index (χ0n) is 17.6. The summed E-state index contributed by atoms with van der Waals surface area (Å²) in [6.07, 6.45) is 7.26. The number of rotatable bonds is 8. The van der Waals surface area contributed by atoms with E-state index in [2.05, 4.69) is 50.5 Å². The third-order valence-corrected chi connectivity index (χ3v) is 6.58. The molecule has 8 nitrogen and oxygen atoms in total. The molecule has 9 heteroatoms. The van der Waals surface area contributed by atoms with Crippen molar-refractivity contribution in [3.05, 3.63) is 36.2 Å². The van der Waals surface area contributed by atoms with Gasteiger partial charge in [0.05, 0.1) is 11.4 Å². The van der Waals surface area contributed by atoms with Gasteiger partial charge in [-0.05, 0) is 50.0 Å². The van der Waals surface area contributed by atoms with Gasteiger partial charge >= 0.3 is 5.97 Å². The molecule has 0 saturated carbocycles. The van der Waals surface area contributed by atoms with E-state index < -0.39 is 5.97 Å². The van der Waals surface area contributed by atoms with Crippen molar-refractivity contribution in [2.24, 2.45) is 11.1 Å². The van der Waals surface area contributed by atoms with Crippen molar-refractivity contribution >= 4 is 34.9 Å². The first-order chi connectivity index (χ1) is 15.1. The third kappa shape index (κ3) is 5.54. The summed E-state index contributed by atoms with van der Waals surface area (Å²) < 4.78 is 0. The van der Waals surface area contributed by atoms with E-state index >= 15 is 0 Å². The van der Waals surface area contributed by atoms with Gasteiger partial charge in [-0.15, -0.1) is 0 Å². The first kappa shape index (κ1) is 21.6. The fourth-order valence-corrected chi connectivity index (χ4v) is 4.89. The normalized spacial score (nSPS) is 16.9. The van der Waals surface area contributed by atoms with Crippen LogP contribution in [0.2, 0.25) is 0 Å². The summed E-state index contributed by atoms with van der Waals surface area (Å²) in [6, 6.07) is 6.54. The predicted molar refractivity (Wildman–Crippen MR) is 120 cm³/mol. The van der Waals surface area contributed by atoms with Gasteiger partial charge in [0.2, 0.25) is 6.61 Å². The lowest BCUT2D eigenvalue weighted by Gasteiger charge is -2.32. The second-order valence-corrected chi connectivity index (χ2v) is 8.85. The van der Waals surface area contributed by atoms with Crippen molar-refractivity contribution < 1.29 is 14.7 Å². The average molecular weight is 442 g/mol. The van der Waals surface area contributed by atoms with Crippen LogP contribution in [0.1, 0.15) is 38.2 Å². The molecule has 0 bridgehead atoms. The van der Waals surface area contributed by atoms with Crippen molar-refractivity contribution in [3.63, 3.8) is 0 Å². The van der Waals surface area contributed by atoms with Crippen LogP contribution in [0.25, 0.3) is 0 Å². The summed E-state index contributed by atoms with van der Waals surface area (Å²) >= 11 is 1.64. The monoisotopic (exact) mass is 441 g/mol. The number of anilines is 2. The Morgan fingerprint density at radius 1 is 1.32 bits per heavy atom. The minimum atomic E-state index is -0.997. The van der Waals surface area contributed by atoms with Crippen molar-refractivity contribution in [2.75, 3.05) is 25.0 Å². The summed E-state index contributed by atoms with van der Waals surface area (Å²) in [5, 5.41) is 17.2. The van der Waals surface area contributed by atoms with E-state index in [1.54, 1.807) is 24.2 Å². The molecule has 1 saturated heterocycles. The number of piperidine rings is 1. The van der Waals surface area contributed by atoms with Crippen LogP contribution in [0.15, 0.2) is 45.7 Å². The molecule has 2 aromatic rings. The summed E-state index contributed by atoms with van der Waals surface area (Å²) in [4.78, 5) is 28.1. The molecule has 1 fully saturated rings. The standard InChI is InChI=1S/C22H27N5O3S/c1-2-3-17(26-30-14-20(28)29)16-6-10-27(11-7-16)13-15-4-5-19-18(12-15)25-21-22(31-19)24-9-8-23-21/h4-5,8-9,12,16H,2-3,6-7,10-11,13-14H2,1H3,(H,23,25)(H,28,29)/b26-17+. The Morgan fingerprint density at radius 2 is 2.13 bits per heavy atom. The van der Waals surface area contributed by atoms with E-state index in [9.17, 15) is 4.79 Å². The van der Waals surface area contributed by atoms with E-state index in [1.807, 2.05) is 0 Å². The zero-order chi connectivity index (χ0) is 21.6. The molecule has 31 heavy (non-hydrogen) atoms. The molecule has 0 spiro atoms. The maximum atomic E-state index is 10.7. The predicted octanol–water partition coefficient (Wildman–Crippen LogP) is 4.15. The number of nitrogens with zero attached hydrogens (tertiary/aromatic N) is 4. The van der Waals surface area contributed by atoms with E-state index in [0.29, 0.717) is 5.92 Å². The maximum absolute atomic E-state index is 10.7. The van der Waals surface area contributed by atoms with Crippen molar-refractivity contribution in [1.29, 1.82) is 0 Å². The van der Waals surface area contributed by atoms with Gasteiger partial charge in [-0.2, -0.15) is 0 Å². The van der Waals surface area contributed by atoms with E-state index in [-0.39, 0.29) is 6.61 Å². The van der Waals surface area contributed by atoms with Gasteiger partial charge in [0.1, 0.15) is 5.03 Å². The number of carbonyl (C=O) groups is 1. The van der Waals surface area contributed by atoms with Crippen LogP contribution in [-0.2, 0) is 16.2 Å². The molecular weight excluding hydrogens is 414 g/mol. The fraction of sp³-hybridized carbons (Fsp3) is 0.455. The molecule has 2 aliphatic rings. The molecule has 1 aromatic carbocycles. The van der Waals surface area contributed by atoms with Crippen molar-refractivity contribution in [1.82, 2.24) is 14.9 Å². The maximum Gasteiger partial charge on any atom is 0.344 e. The molecule has 3 heterocycles. The highest BCUT2D eigenvalue weighted by molar-refractivity contribution is 7.99. The lowest BCUT2D eigenvalue weighted by Crippen LogP contribution is -2.36. The molecule has 0 atom stereocenters. The molecule has 1 aromatic heterocycles. The van der Waals surface area contributed by atoms with Gasteiger partial charge in [-0.1, -0.05) is 36.3 Å². The number of hydrogen-bond donors (Lipinski definition) is 2. The van der Waals surface area contributed by atoms with Gasteiger partial charge in [-0.25, -0.2) is 14.8 Å². The number of aliphatic carboxylic acids is 1. The summed E-state index contributed by atoms with van der Waals surface area (Å²) in [5.41, 5.74) is 3.35. The molecule has 0 amide bonds. The second-order valence-electron chi connectivity index (χ2n) is 7.82. The number of carboxylic acids is 1. The number of fused-ring (bicyclic) bond motifs is 2. The van der Waals surface area contributed by atoms with Crippen molar-refractivity contribution in [2.45, 2.75) is 49.1 Å². The second kappa shape index (κ2) is 10.1. The number of benzene rings is 1. The minimum Gasteiger partial charge on any atom is -0.479 e. The molecule has 0 unspecified atom stereocenters. The Labute approximate surface area is 186 Å². The number of likely N-dealkylation sites (tertiary alicyclic amines) is 1. The van der Waals surface area contributed by atoms with Crippen LogP contribution in [0.3, 0.4) is 0 Å². The molecular formula is C22H27N5O3S. The SMILES string of the molecule is CCC/C(=N\OCC(=O)O)C1CCN(Cc2ccc3c(c2)Nc2nccnc2S3)CC1.